The van der Waals surface area contributed by atoms with Crippen LogP contribution >= 0.6 is 23.6 Å². The van der Waals surface area contributed by atoms with E-state index in [1.807, 2.05) is 38.1 Å². The molecule has 1 aromatic heterocycles. The van der Waals surface area contributed by atoms with Gasteiger partial charge in [-0.1, -0.05) is 35.7 Å². The first-order valence-corrected chi connectivity index (χ1v) is 7.41. The minimum atomic E-state index is 0.0474. The molecule has 0 unspecified atom stereocenters. The molecule has 106 valence electrons. The molecule has 0 radical (unpaired) electrons. The predicted molar refractivity (Wildman–Crippen MR) is 85.9 cm³/mol. The minimum absolute atomic E-state index is 0.0474. The van der Waals surface area contributed by atoms with Crippen LogP contribution in [0.25, 0.3) is 0 Å². The molecule has 0 atom stereocenters. The highest BCUT2D eigenvalue weighted by atomic mass is 32.1. The Morgan fingerprint density at radius 2 is 2.10 bits per heavy atom. The molecular formula is C14H16N2O2S2. The number of hydrogen-bond acceptors (Lipinski definition) is 4. The van der Waals surface area contributed by atoms with Crippen LogP contribution in [0.4, 0.5) is 0 Å². The molecule has 0 aliphatic rings. The molecule has 2 aromatic rings. The molecule has 0 aliphatic carbocycles. The lowest BCUT2D eigenvalue weighted by Crippen LogP contribution is -2.20. The second-order valence-electron chi connectivity index (χ2n) is 4.37. The molecule has 0 aliphatic heterocycles. The average Bonchev–Trinajstić information content (AvgIpc) is 2.65. The van der Waals surface area contributed by atoms with Crippen LogP contribution in [-0.2, 0) is 6.54 Å². The number of nitrogens with zero attached hydrogens (tertiary/aromatic N) is 1. The Kier molecular flexibility index (Phi) is 4.57. The van der Waals surface area contributed by atoms with E-state index in [9.17, 15) is 4.79 Å². The van der Waals surface area contributed by atoms with Gasteiger partial charge in [-0.3, -0.25) is 9.36 Å². The van der Waals surface area contributed by atoms with Crippen molar-refractivity contribution in [2.24, 2.45) is 5.73 Å². The van der Waals surface area contributed by atoms with E-state index in [2.05, 4.69) is 0 Å². The maximum absolute atomic E-state index is 11.8. The van der Waals surface area contributed by atoms with E-state index in [0.717, 1.165) is 10.6 Å². The highest BCUT2D eigenvalue weighted by Gasteiger charge is 2.09. The van der Waals surface area contributed by atoms with Crippen molar-refractivity contribution in [1.82, 2.24) is 4.57 Å². The van der Waals surface area contributed by atoms with E-state index < -0.39 is 0 Å². The number of aromatic nitrogens is 1. The largest absolute Gasteiger partial charge is 0.491 e. The van der Waals surface area contributed by atoms with Gasteiger partial charge in [0.05, 0.1) is 12.1 Å². The van der Waals surface area contributed by atoms with Gasteiger partial charge in [0.25, 0.3) is 0 Å². The summed E-state index contributed by atoms with van der Waals surface area (Å²) in [6.45, 7) is 4.80. The van der Waals surface area contributed by atoms with Crippen LogP contribution in [0.3, 0.4) is 0 Å². The zero-order valence-corrected chi connectivity index (χ0v) is 13.0. The van der Waals surface area contributed by atoms with E-state index in [1.54, 1.807) is 4.57 Å². The monoisotopic (exact) mass is 308 g/mol. The van der Waals surface area contributed by atoms with Gasteiger partial charge in [-0.15, -0.1) is 0 Å². The van der Waals surface area contributed by atoms with Crippen LogP contribution in [0.15, 0.2) is 29.1 Å². The van der Waals surface area contributed by atoms with Crippen molar-refractivity contribution in [2.75, 3.05) is 6.61 Å². The Labute approximate surface area is 126 Å². The lowest BCUT2D eigenvalue weighted by Gasteiger charge is -2.11. The molecular weight excluding hydrogens is 292 g/mol. The van der Waals surface area contributed by atoms with Crippen molar-refractivity contribution in [3.8, 4) is 5.75 Å². The zero-order chi connectivity index (χ0) is 14.7. The Morgan fingerprint density at radius 1 is 1.40 bits per heavy atom. The zero-order valence-electron chi connectivity index (χ0n) is 11.4. The van der Waals surface area contributed by atoms with Crippen molar-refractivity contribution in [2.45, 2.75) is 20.4 Å². The van der Waals surface area contributed by atoms with Gasteiger partial charge in [-0.2, -0.15) is 0 Å². The topological polar surface area (TPSA) is 57.2 Å². The lowest BCUT2D eigenvalue weighted by atomic mass is 10.2. The summed E-state index contributed by atoms with van der Waals surface area (Å²) in [6, 6.07) is 7.37. The quantitative estimate of drug-likeness (QED) is 0.861. The second kappa shape index (κ2) is 6.19. The Morgan fingerprint density at radius 3 is 2.70 bits per heavy atom. The van der Waals surface area contributed by atoms with Crippen molar-refractivity contribution in [3.05, 3.63) is 50.1 Å². The summed E-state index contributed by atoms with van der Waals surface area (Å²) in [5.41, 5.74) is 7.35. The summed E-state index contributed by atoms with van der Waals surface area (Å²) in [4.78, 5) is 13.2. The average molecular weight is 308 g/mol. The van der Waals surface area contributed by atoms with E-state index in [1.165, 1.54) is 11.3 Å². The normalized spacial score (nSPS) is 10.5. The predicted octanol–water partition coefficient (Wildman–Crippen LogP) is 2.24. The maximum atomic E-state index is 11.8. The number of nitrogens with two attached hydrogens (primary N) is 1. The van der Waals surface area contributed by atoms with Crippen LogP contribution < -0.4 is 15.3 Å². The third-order valence-corrected chi connectivity index (χ3v) is 4.32. The number of aryl methyl sites for hydroxylation is 1. The third-order valence-electron chi connectivity index (χ3n) is 3.10. The summed E-state index contributed by atoms with van der Waals surface area (Å²) in [6.07, 6.45) is 0. The molecule has 0 saturated heterocycles. The summed E-state index contributed by atoms with van der Waals surface area (Å²) in [5.74, 6) is 0.651. The number of thiazole rings is 1. The van der Waals surface area contributed by atoms with Crippen molar-refractivity contribution in [1.29, 1.82) is 0 Å². The van der Waals surface area contributed by atoms with Gasteiger partial charge in [0, 0.05) is 10.6 Å². The SMILES string of the molecule is Cc1sc(=O)n(CCOc2ccccc2C(N)=S)c1C. The van der Waals surface area contributed by atoms with Gasteiger partial charge in [0.15, 0.2) is 0 Å². The summed E-state index contributed by atoms with van der Waals surface area (Å²) in [7, 11) is 0. The molecule has 0 spiro atoms. The summed E-state index contributed by atoms with van der Waals surface area (Å²) in [5, 5.41) is 0. The Hall–Kier alpha value is -1.66. The first-order valence-electron chi connectivity index (χ1n) is 6.19. The van der Waals surface area contributed by atoms with Gasteiger partial charge in [0.2, 0.25) is 0 Å². The number of hydrogen-bond donors (Lipinski definition) is 1. The standard InChI is InChI=1S/C14H16N2O2S2/c1-9-10(2)20-14(17)16(9)7-8-18-12-6-4-3-5-11(12)13(15)19/h3-6H,7-8H2,1-2H3,(H2,15,19). The molecule has 6 heteroatoms. The molecule has 4 nitrogen and oxygen atoms in total. The molecule has 0 amide bonds. The number of ether oxygens (including phenoxy) is 1. The number of para-hydroxylation sites is 1. The molecule has 0 saturated carbocycles. The fraction of sp³-hybridized carbons (Fsp3) is 0.286. The van der Waals surface area contributed by atoms with Crippen LogP contribution in [0.5, 0.6) is 5.75 Å². The molecule has 2 rings (SSSR count). The molecule has 1 aromatic carbocycles. The summed E-state index contributed by atoms with van der Waals surface area (Å²) < 4.78 is 7.42. The summed E-state index contributed by atoms with van der Waals surface area (Å²) >= 11 is 6.24. The molecule has 20 heavy (non-hydrogen) atoms. The van der Waals surface area contributed by atoms with Crippen LogP contribution in [0.2, 0.25) is 0 Å². The van der Waals surface area contributed by atoms with E-state index >= 15 is 0 Å². The van der Waals surface area contributed by atoms with E-state index in [0.29, 0.717) is 29.5 Å². The number of thiocarbonyl (C=S) groups is 1. The van der Waals surface area contributed by atoms with Crippen LogP contribution in [0.1, 0.15) is 16.1 Å². The van der Waals surface area contributed by atoms with Crippen molar-refractivity contribution < 1.29 is 4.74 Å². The van der Waals surface area contributed by atoms with E-state index in [4.69, 9.17) is 22.7 Å². The fourth-order valence-corrected chi connectivity index (χ4v) is 2.92. The minimum Gasteiger partial charge on any atom is -0.491 e. The van der Waals surface area contributed by atoms with Gasteiger partial charge < -0.3 is 10.5 Å². The van der Waals surface area contributed by atoms with Gasteiger partial charge in [0.1, 0.15) is 17.3 Å². The maximum Gasteiger partial charge on any atom is 0.307 e. The third kappa shape index (κ3) is 3.08. The van der Waals surface area contributed by atoms with Crippen molar-refractivity contribution in [3.63, 3.8) is 0 Å². The number of benzene rings is 1. The first-order chi connectivity index (χ1) is 9.50. The molecule has 0 bridgehead atoms. The fourth-order valence-electron chi connectivity index (χ4n) is 1.89. The second-order valence-corrected chi connectivity index (χ2v) is 5.98. The highest BCUT2D eigenvalue weighted by molar-refractivity contribution is 7.80. The van der Waals surface area contributed by atoms with Crippen molar-refractivity contribution >= 4 is 28.5 Å². The lowest BCUT2D eigenvalue weighted by molar-refractivity contribution is 0.295. The Balaban J connectivity index is 2.07. The highest BCUT2D eigenvalue weighted by Crippen LogP contribution is 2.18. The molecule has 2 N–H and O–H groups in total. The Bertz CT molecular complexity index is 689. The number of rotatable bonds is 5. The molecule has 1 heterocycles. The van der Waals surface area contributed by atoms with Gasteiger partial charge in [-0.25, -0.2) is 0 Å². The first kappa shape index (κ1) is 14.7. The van der Waals surface area contributed by atoms with Crippen LogP contribution in [-0.4, -0.2) is 16.2 Å². The van der Waals surface area contributed by atoms with Gasteiger partial charge in [-0.05, 0) is 26.0 Å². The smallest absolute Gasteiger partial charge is 0.307 e. The molecule has 0 fully saturated rings. The van der Waals surface area contributed by atoms with Crippen LogP contribution in [0, 0.1) is 13.8 Å². The van der Waals surface area contributed by atoms with E-state index in [-0.39, 0.29) is 4.87 Å². The van der Waals surface area contributed by atoms with Gasteiger partial charge >= 0.3 is 4.87 Å².